The van der Waals surface area contributed by atoms with E-state index in [9.17, 15) is 18.3 Å². The van der Waals surface area contributed by atoms with Crippen LogP contribution in [-0.4, -0.2) is 11.7 Å². The molecule has 1 atom stereocenters. The minimum atomic E-state index is -2.89. The summed E-state index contributed by atoms with van der Waals surface area (Å²) in [6.45, 7) is -2.89. The molecule has 5 heteroatoms. The van der Waals surface area contributed by atoms with Crippen LogP contribution in [0.5, 0.6) is 5.75 Å². The first-order chi connectivity index (χ1) is 9.06. The molecule has 0 bridgehead atoms. The van der Waals surface area contributed by atoms with Crippen LogP contribution < -0.4 is 4.74 Å². The molecular formula is C14H11F3O2. The molecule has 0 saturated heterocycles. The van der Waals surface area contributed by atoms with Gasteiger partial charge in [0.05, 0.1) is 0 Å². The SMILES string of the molecule is OC(c1ccc(OC(F)F)cc1)c1cccc(F)c1. The van der Waals surface area contributed by atoms with Gasteiger partial charge in [-0.25, -0.2) is 4.39 Å². The van der Waals surface area contributed by atoms with Gasteiger partial charge in [-0.3, -0.25) is 0 Å². The Labute approximate surface area is 108 Å². The highest BCUT2D eigenvalue weighted by molar-refractivity contribution is 5.34. The van der Waals surface area contributed by atoms with Crippen LogP contribution in [0.3, 0.4) is 0 Å². The maximum Gasteiger partial charge on any atom is 0.387 e. The van der Waals surface area contributed by atoms with E-state index in [1.54, 1.807) is 6.07 Å². The Balaban J connectivity index is 2.17. The number of aliphatic hydroxyl groups excluding tert-OH is 1. The average molecular weight is 268 g/mol. The van der Waals surface area contributed by atoms with Crippen molar-refractivity contribution < 1.29 is 23.0 Å². The van der Waals surface area contributed by atoms with Crippen molar-refractivity contribution in [3.8, 4) is 5.75 Å². The van der Waals surface area contributed by atoms with Crippen molar-refractivity contribution in [1.82, 2.24) is 0 Å². The molecule has 2 aromatic carbocycles. The van der Waals surface area contributed by atoms with Gasteiger partial charge in [0.25, 0.3) is 0 Å². The fourth-order valence-electron chi connectivity index (χ4n) is 1.70. The van der Waals surface area contributed by atoms with Gasteiger partial charge in [0.1, 0.15) is 17.7 Å². The van der Waals surface area contributed by atoms with Crippen molar-refractivity contribution in [2.75, 3.05) is 0 Å². The van der Waals surface area contributed by atoms with E-state index >= 15 is 0 Å². The second-order valence-corrected chi connectivity index (χ2v) is 3.91. The summed E-state index contributed by atoms with van der Waals surface area (Å²) in [4.78, 5) is 0. The van der Waals surface area contributed by atoms with Crippen molar-refractivity contribution in [1.29, 1.82) is 0 Å². The molecule has 0 aliphatic carbocycles. The van der Waals surface area contributed by atoms with E-state index in [-0.39, 0.29) is 5.75 Å². The van der Waals surface area contributed by atoms with E-state index in [1.165, 1.54) is 42.5 Å². The molecule has 2 aromatic rings. The summed E-state index contributed by atoms with van der Waals surface area (Å²) in [5, 5.41) is 10.0. The molecule has 1 unspecified atom stereocenters. The fraction of sp³-hybridized carbons (Fsp3) is 0.143. The molecule has 2 nitrogen and oxygen atoms in total. The molecule has 0 fully saturated rings. The lowest BCUT2D eigenvalue weighted by Gasteiger charge is -2.12. The lowest BCUT2D eigenvalue weighted by Crippen LogP contribution is -2.03. The molecule has 100 valence electrons. The number of ether oxygens (including phenoxy) is 1. The predicted octanol–water partition coefficient (Wildman–Crippen LogP) is 3.51. The summed E-state index contributed by atoms with van der Waals surface area (Å²) in [6, 6.07) is 11.1. The molecule has 0 spiro atoms. The van der Waals surface area contributed by atoms with Gasteiger partial charge in [-0.05, 0) is 35.4 Å². The third-order valence-electron chi connectivity index (χ3n) is 2.59. The maximum atomic E-state index is 13.0. The smallest absolute Gasteiger partial charge is 0.387 e. The summed E-state index contributed by atoms with van der Waals surface area (Å²) in [6.07, 6.45) is -1.02. The first kappa shape index (κ1) is 13.4. The summed E-state index contributed by atoms with van der Waals surface area (Å²) < 4.78 is 41.2. The fourth-order valence-corrected chi connectivity index (χ4v) is 1.70. The molecule has 0 aromatic heterocycles. The van der Waals surface area contributed by atoms with Crippen LogP contribution in [0.1, 0.15) is 17.2 Å². The Morgan fingerprint density at radius 3 is 2.21 bits per heavy atom. The van der Waals surface area contributed by atoms with Crippen molar-refractivity contribution in [2.24, 2.45) is 0 Å². The average Bonchev–Trinajstić information content (AvgIpc) is 2.38. The van der Waals surface area contributed by atoms with Gasteiger partial charge in [0.15, 0.2) is 0 Å². The monoisotopic (exact) mass is 268 g/mol. The van der Waals surface area contributed by atoms with E-state index in [4.69, 9.17) is 0 Å². The molecule has 0 amide bonds. The molecule has 0 saturated carbocycles. The highest BCUT2D eigenvalue weighted by Gasteiger charge is 2.12. The van der Waals surface area contributed by atoms with Crippen molar-refractivity contribution in [3.63, 3.8) is 0 Å². The minimum absolute atomic E-state index is 0.00481. The van der Waals surface area contributed by atoms with Gasteiger partial charge in [-0.15, -0.1) is 0 Å². The number of alkyl halides is 2. The molecule has 2 rings (SSSR count). The molecule has 19 heavy (non-hydrogen) atoms. The van der Waals surface area contributed by atoms with Gasteiger partial charge in [-0.1, -0.05) is 24.3 Å². The highest BCUT2D eigenvalue weighted by atomic mass is 19.3. The van der Waals surface area contributed by atoms with Crippen LogP contribution in [0.15, 0.2) is 48.5 Å². The Bertz CT molecular complexity index is 541. The van der Waals surface area contributed by atoms with Gasteiger partial charge in [-0.2, -0.15) is 8.78 Å². The quantitative estimate of drug-likeness (QED) is 0.919. The van der Waals surface area contributed by atoms with E-state index < -0.39 is 18.5 Å². The number of hydrogen-bond acceptors (Lipinski definition) is 2. The number of benzene rings is 2. The number of rotatable bonds is 4. The van der Waals surface area contributed by atoms with Crippen LogP contribution in [0.2, 0.25) is 0 Å². The summed E-state index contributed by atoms with van der Waals surface area (Å²) in [7, 11) is 0. The molecule has 0 heterocycles. The topological polar surface area (TPSA) is 29.5 Å². The van der Waals surface area contributed by atoms with Crippen LogP contribution >= 0.6 is 0 Å². The largest absolute Gasteiger partial charge is 0.435 e. The Morgan fingerprint density at radius 1 is 0.947 bits per heavy atom. The maximum absolute atomic E-state index is 13.0. The molecule has 1 N–H and O–H groups in total. The molecule has 0 aliphatic rings. The van der Waals surface area contributed by atoms with Gasteiger partial charge >= 0.3 is 6.61 Å². The van der Waals surface area contributed by atoms with Crippen LogP contribution in [0, 0.1) is 5.82 Å². The highest BCUT2D eigenvalue weighted by Crippen LogP contribution is 2.24. The third-order valence-corrected chi connectivity index (χ3v) is 2.59. The van der Waals surface area contributed by atoms with Gasteiger partial charge < -0.3 is 9.84 Å². The second-order valence-electron chi connectivity index (χ2n) is 3.91. The van der Waals surface area contributed by atoms with Crippen molar-refractivity contribution in [2.45, 2.75) is 12.7 Å². The zero-order chi connectivity index (χ0) is 13.8. The van der Waals surface area contributed by atoms with Crippen molar-refractivity contribution >= 4 is 0 Å². The molecule has 0 aliphatic heterocycles. The first-order valence-corrected chi connectivity index (χ1v) is 5.54. The van der Waals surface area contributed by atoms with Crippen LogP contribution in [0.4, 0.5) is 13.2 Å². The third kappa shape index (κ3) is 3.48. The zero-order valence-corrected chi connectivity index (χ0v) is 9.76. The number of halogens is 3. The van der Waals surface area contributed by atoms with Gasteiger partial charge in [0.2, 0.25) is 0 Å². The first-order valence-electron chi connectivity index (χ1n) is 5.54. The standard InChI is InChI=1S/C14H11F3O2/c15-11-3-1-2-10(8-11)13(18)9-4-6-12(7-5-9)19-14(16)17/h1-8,13-14,18H. The Morgan fingerprint density at radius 2 is 1.63 bits per heavy atom. The minimum Gasteiger partial charge on any atom is -0.435 e. The number of aliphatic hydroxyl groups is 1. The van der Waals surface area contributed by atoms with E-state index in [1.807, 2.05) is 0 Å². The second kappa shape index (κ2) is 5.75. The summed E-state index contributed by atoms with van der Waals surface area (Å²) >= 11 is 0. The molecule has 0 radical (unpaired) electrons. The number of hydrogen-bond donors (Lipinski definition) is 1. The normalized spacial score (nSPS) is 12.5. The zero-order valence-electron chi connectivity index (χ0n) is 9.76. The summed E-state index contributed by atoms with van der Waals surface area (Å²) in [5.41, 5.74) is 0.856. The summed E-state index contributed by atoms with van der Waals surface area (Å²) in [5.74, 6) is -0.445. The molecular weight excluding hydrogens is 257 g/mol. The van der Waals surface area contributed by atoms with Gasteiger partial charge in [0, 0.05) is 0 Å². The van der Waals surface area contributed by atoms with E-state index in [0.29, 0.717) is 11.1 Å². The van der Waals surface area contributed by atoms with E-state index in [0.717, 1.165) is 0 Å². The van der Waals surface area contributed by atoms with Crippen LogP contribution in [0.25, 0.3) is 0 Å². The van der Waals surface area contributed by atoms with E-state index in [2.05, 4.69) is 4.74 Å². The Hall–Kier alpha value is -2.01. The lowest BCUT2D eigenvalue weighted by atomic mass is 10.0. The predicted molar refractivity (Wildman–Crippen MR) is 63.5 cm³/mol. The lowest BCUT2D eigenvalue weighted by molar-refractivity contribution is -0.0498. The Kier molecular flexibility index (Phi) is 4.06. The van der Waals surface area contributed by atoms with Crippen LogP contribution in [-0.2, 0) is 0 Å². The van der Waals surface area contributed by atoms with Crippen molar-refractivity contribution in [3.05, 3.63) is 65.5 Å².